The van der Waals surface area contributed by atoms with E-state index in [1.165, 1.54) is 89.9 Å². The first-order valence-electron chi connectivity index (χ1n) is 27.6. The topological polar surface area (TPSA) is 116 Å². The van der Waals surface area contributed by atoms with Crippen molar-refractivity contribution in [3.05, 3.63) is 58.7 Å². The smallest absolute Gasteiger partial charge is 0.251 e. The van der Waals surface area contributed by atoms with Crippen LogP contribution in [0.2, 0.25) is 0 Å². The molecule has 0 saturated heterocycles. The van der Waals surface area contributed by atoms with Gasteiger partial charge in [0.05, 0.1) is 0 Å². The summed E-state index contributed by atoms with van der Waals surface area (Å²) in [5.74, 6) is 0.214. The van der Waals surface area contributed by atoms with Gasteiger partial charge >= 0.3 is 0 Å². The molecular formula is C72H156N4O4. The Morgan fingerprint density at radius 3 is 0.875 bits per heavy atom. The predicted octanol–water partition coefficient (Wildman–Crippen LogP) is 25.0. The quantitative estimate of drug-likeness (QED) is 0.0501. The van der Waals surface area contributed by atoms with E-state index in [0.29, 0.717) is 24.2 Å². The first-order valence-corrected chi connectivity index (χ1v) is 27.6. The maximum Gasteiger partial charge on any atom is 0.251 e. The number of aryl methyl sites for hydroxylation is 2. The Balaban J connectivity index is -0.0000000815. The Kier molecular flexibility index (Phi) is 105. The minimum Gasteiger partial charge on any atom is -0.352 e. The summed E-state index contributed by atoms with van der Waals surface area (Å²) >= 11 is 0. The first kappa shape index (κ1) is 111. The fourth-order valence-corrected chi connectivity index (χ4v) is 8.46. The fourth-order valence-electron chi connectivity index (χ4n) is 8.46. The lowest BCUT2D eigenvalue weighted by Crippen LogP contribution is -2.27. The minimum absolute atomic E-state index is 0. The van der Waals surface area contributed by atoms with Crippen LogP contribution in [0.4, 0.5) is 11.4 Å². The molecule has 4 N–H and O–H groups in total. The van der Waals surface area contributed by atoms with Gasteiger partial charge in [-0.1, -0.05) is 301 Å². The number of nitrogens with one attached hydrogen (secondary N) is 4. The van der Waals surface area contributed by atoms with E-state index < -0.39 is 0 Å². The molecule has 0 saturated carbocycles. The number of carbonyl (C=O) groups is 4. The van der Waals surface area contributed by atoms with Crippen molar-refractivity contribution < 1.29 is 19.2 Å². The summed E-state index contributed by atoms with van der Waals surface area (Å²) in [5, 5.41) is 12.4. The van der Waals surface area contributed by atoms with E-state index in [-0.39, 0.29) is 139 Å². The molecule has 0 bridgehead atoms. The number of carbonyl (C=O) groups excluding carboxylic acids is 4. The number of hydrogen-bond acceptors (Lipinski definition) is 4. The Morgan fingerprint density at radius 1 is 0.312 bits per heavy atom. The standard InChI is InChI=1S/C36H64N2O2.C22H36N2O2.14CH4/c1-6-11-15-17-19-21-25-31(23-13-8-3)35(39)37-33-27-30(10-5)28-34(29-33)38-36(40)32(24-14-9-4)26-22-20-18-16-12-7-2;1-4-7-9-11-13-23-21(25)19-15-18(6-3)16-20(17-19)22(26)24-14-12-10-8-5-2;;;;;;;;;;;;;;/h27-29,31-32H,6-26H2,1-5H3,(H,37,39)(H,38,40);15-17H,4-14H2,1-3H3,(H,23,25)(H,24,26);14*1H4. The van der Waals surface area contributed by atoms with E-state index in [1.54, 1.807) is 6.07 Å². The van der Waals surface area contributed by atoms with Gasteiger partial charge in [-0.3, -0.25) is 19.2 Å². The molecule has 2 aromatic rings. The molecule has 80 heavy (non-hydrogen) atoms. The van der Waals surface area contributed by atoms with E-state index in [1.807, 2.05) is 25.1 Å². The van der Waals surface area contributed by atoms with Crippen molar-refractivity contribution in [2.75, 3.05) is 23.7 Å². The van der Waals surface area contributed by atoms with Crippen molar-refractivity contribution in [1.82, 2.24) is 10.6 Å². The molecule has 0 fully saturated rings. The van der Waals surface area contributed by atoms with E-state index in [2.05, 4.69) is 81.9 Å². The van der Waals surface area contributed by atoms with Gasteiger partial charge in [0.2, 0.25) is 11.8 Å². The van der Waals surface area contributed by atoms with Crippen LogP contribution >= 0.6 is 0 Å². The lowest BCUT2D eigenvalue weighted by Gasteiger charge is -2.19. The largest absolute Gasteiger partial charge is 0.352 e. The number of amides is 4. The summed E-state index contributed by atoms with van der Waals surface area (Å²) in [5.41, 5.74) is 4.93. The van der Waals surface area contributed by atoms with Crippen molar-refractivity contribution >= 4 is 35.0 Å². The zero-order valence-electron chi connectivity index (χ0n) is 43.9. The van der Waals surface area contributed by atoms with Gasteiger partial charge in [-0.15, -0.1) is 0 Å². The summed E-state index contributed by atoms with van der Waals surface area (Å²) in [6, 6.07) is 11.6. The summed E-state index contributed by atoms with van der Waals surface area (Å²) in [6.07, 6.45) is 33.9. The highest BCUT2D eigenvalue weighted by Gasteiger charge is 2.21. The summed E-state index contributed by atoms with van der Waals surface area (Å²) in [6.45, 7) is 18.8. The molecule has 4 amide bonds. The maximum absolute atomic E-state index is 13.4. The normalized spacial score (nSPS) is 9.80. The van der Waals surface area contributed by atoms with Gasteiger partial charge < -0.3 is 21.3 Å². The minimum atomic E-state index is -0.0891. The Labute approximate surface area is 508 Å². The number of benzene rings is 2. The van der Waals surface area contributed by atoms with Crippen LogP contribution in [0.3, 0.4) is 0 Å². The average Bonchev–Trinajstić information content (AvgIpc) is 3.32. The van der Waals surface area contributed by atoms with Gasteiger partial charge in [0.15, 0.2) is 0 Å². The molecule has 0 heterocycles. The molecule has 8 nitrogen and oxygen atoms in total. The third-order valence-electron chi connectivity index (χ3n) is 12.9. The second-order valence-corrected chi connectivity index (χ2v) is 18.9. The Morgan fingerprint density at radius 2 is 0.575 bits per heavy atom. The second-order valence-electron chi connectivity index (χ2n) is 18.9. The molecule has 0 radical (unpaired) electrons. The zero-order valence-corrected chi connectivity index (χ0v) is 43.9. The van der Waals surface area contributed by atoms with Gasteiger partial charge in [0.25, 0.3) is 11.8 Å². The van der Waals surface area contributed by atoms with Crippen LogP contribution in [-0.4, -0.2) is 36.7 Å². The van der Waals surface area contributed by atoms with Crippen LogP contribution in [0.5, 0.6) is 0 Å². The second kappa shape index (κ2) is 75.3. The van der Waals surface area contributed by atoms with E-state index in [0.717, 1.165) is 125 Å². The predicted molar refractivity (Wildman–Crippen MR) is 378 cm³/mol. The molecule has 2 unspecified atom stereocenters. The molecule has 8 heteroatoms. The number of hydrogen-bond donors (Lipinski definition) is 4. The summed E-state index contributed by atoms with van der Waals surface area (Å²) < 4.78 is 0. The monoisotopic (exact) mass is 1140 g/mol. The molecule has 0 spiro atoms. The van der Waals surface area contributed by atoms with E-state index >= 15 is 0 Å². The Bertz CT molecular complexity index is 1470. The fraction of sp³-hybridized carbons (Fsp3) is 0.778. The number of rotatable bonds is 38. The highest BCUT2D eigenvalue weighted by Crippen LogP contribution is 2.26. The average molecular weight is 1140 g/mol. The van der Waals surface area contributed by atoms with Crippen LogP contribution in [-0.2, 0) is 22.4 Å². The Hall–Kier alpha value is -3.68. The van der Waals surface area contributed by atoms with Gasteiger partial charge in [-0.2, -0.15) is 0 Å². The van der Waals surface area contributed by atoms with Crippen LogP contribution in [0.25, 0.3) is 0 Å². The van der Waals surface area contributed by atoms with Gasteiger partial charge in [0, 0.05) is 47.4 Å². The molecular weight excluding hydrogens is 985 g/mol. The van der Waals surface area contributed by atoms with Crippen molar-refractivity contribution in [2.24, 2.45) is 11.8 Å². The zero-order chi connectivity index (χ0) is 48.6. The van der Waals surface area contributed by atoms with Crippen LogP contribution in [0, 0.1) is 11.8 Å². The van der Waals surface area contributed by atoms with Crippen molar-refractivity contribution in [1.29, 1.82) is 0 Å². The lowest BCUT2D eigenvalue weighted by atomic mass is 9.93. The van der Waals surface area contributed by atoms with Crippen LogP contribution in [0.15, 0.2) is 36.4 Å². The van der Waals surface area contributed by atoms with Gasteiger partial charge in [0.1, 0.15) is 0 Å². The molecule has 2 atom stereocenters. The molecule has 0 aliphatic rings. The number of unbranched alkanes of at least 4 members (excludes halogenated alkanes) is 18. The molecule has 0 aliphatic carbocycles. The lowest BCUT2D eigenvalue weighted by molar-refractivity contribution is -0.121. The first-order chi connectivity index (χ1) is 32.1. The van der Waals surface area contributed by atoms with E-state index in [4.69, 9.17) is 0 Å². The van der Waals surface area contributed by atoms with Crippen LogP contribution in [0.1, 0.15) is 371 Å². The highest BCUT2D eigenvalue weighted by molar-refractivity contribution is 6.00. The molecule has 2 aromatic carbocycles. The number of anilines is 2. The van der Waals surface area contributed by atoms with E-state index in [9.17, 15) is 19.2 Å². The van der Waals surface area contributed by atoms with Crippen molar-refractivity contribution in [3.8, 4) is 0 Å². The SMILES string of the molecule is C.C.C.C.C.C.C.C.C.C.C.C.C.C.CCCCCCCCC(CCCC)C(=O)Nc1cc(CC)cc(NC(=O)C(CCCC)CCCCCCCC)c1.CCCCCCNC(=O)c1cc(CC)cc(C(=O)NCCCCCC)c1. The third-order valence-corrected chi connectivity index (χ3v) is 12.9. The van der Waals surface area contributed by atoms with Gasteiger partial charge in [-0.05, 0) is 98.9 Å². The maximum atomic E-state index is 13.4. The molecule has 488 valence electrons. The van der Waals surface area contributed by atoms with Crippen LogP contribution < -0.4 is 21.3 Å². The highest BCUT2D eigenvalue weighted by atomic mass is 16.2. The van der Waals surface area contributed by atoms with Crippen molar-refractivity contribution in [2.45, 2.75) is 352 Å². The third kappa shape index (κ3) is 53.6. The summed E-state index contributed by atoms with van der Waals surface area (Å²) in [4.78, 5) is 51.5. The van der Waals surface area contributed by atoms with Gasteiger partial charge in [-0.25, -0.2) is 0 Å². The summed E-state index contributed by atoms with van der Waals surface area (Å²) in [7, 11) is 0. The molecule has 0 aromatic heterocycles. The molecule has 0 aliphatic heterocycles. The van der Waals surface area contributed by atoms with Crippen molar-refractivity contribution in [3.63, 3.8) is 0 Å². The molecule has 2 rings (SSSR count).